The molecule has 0 bridgehead atoms. The second-order valence-corrected chi connectivity index (χ2v) is 8.83. The van der Waals surface area contributed by atoms with Gasteiger partial charge < -0.3 is 4.98 Å². The van der Waals surface area contributed by atoms with Gasteiger partial charge in [-0.1, -0.05) is 38.1 Å². The maximum atomic E-state index is 14.9. The first-order valence-electron chi connectivity index (χ1n) is 9.07. The second kappa shape index (κ2) is 7.00. The number of benzene rings is 2. The third-order valence-corrected chi connectivity index (χ3v) is 5.96. The van der Waals surface area contributed by atoms with E-state index in [-0.39, 0.29) is 5.82 Å². The zero-order valence-electron chi connectivity index (χ0n) is 16.1. The number of rotatable bonds is 6. The van der Waals surface area contributed by atoms with Crippen LogP contribution in [0.2, 0.25) is 0 Å². The highest BCUT2D eigenvalue weighted by molar-refractivity contribution is 7.92. The first kappa shape index (κ1) is 19.4. The first-order valence-corrected chi connectivity index (χ1v) is 11.0. The number of para-hydroxylation sites is 1. The van der Waals surface area contributed by atoms with Crippen molar-refractivity contribution in [2.75, 3.05) is 11.0 Å². The van der Waals surface area contributed by atoms with Crippen molar-refractivity contribution in [3.05, 3.63) is 65.1 Å². The van der Waals surface area contributed by atoms with Crippen molar-refractivity contribution < 1.29 is 12.8 Å². The number of halogens is 1. The van der Waals surface area contributed by atoms with Gasteiger partial charge in [-0.25, -0.2) is 12.8 Å². The molecule has 6 heteroatoms. The molecule has 0 saturated heterocycles. The molecule has 0 saturated carbocycles. The SMILES string of the molecule is CCC(CC)(c1ccc(C)cc1F)c1c[nH]c2c(NS(C)(=O)=O)cccc12. The minimum atomic E-state index is -3.40. The third-order valence-electron chi connectivity index (χ3n) is 5.37. The average molecular weight is 389 g/mol. The molecule has 0 unspecified atom stereocenters. The summed E-state index contributed by atoms with van der Waals surface area (Å²) >= 11 is 0. The van der Waals surface area contributed by atoms with E-state index in [1.54, 1.807) is 12.1 Å². The summed E-state index contributed by atoms with van der Waals surface area (Å²) in [6.45, 7) is 5.99. The molecule has 0 aliphatic heterocycles. The van der Waals surface area contributed by atoms with Gasteiger partial charge in [0.1, 0.15) is 5.82 Å². The molecule has 0 spiro atoms. The van der Waals surface area contributed by atoms with Crippen LogP contribution in [0.5, 0.6) is 0 Å². The number of aromatic amines is 1. The van der Waals surface area contributed by atoms with E-state index < -0.39 is 15.4 Å². The van der Waals surface area contributed by atoms with Gasteiger partial charge in [-0.2, -0.15) is 0 Å². The molecule has 3 rings (SSSR count). The summed E-state index contributed by atoms with van der Waals surface area (Å²) in [6.07, 6.45) is 4.45. The minimum Gasteiger partial charge on any atom is -0.359 e. The van der Waals surface area contributed by atoms with Crippen LogP contribution in [0.4, 0.5) is 10.1 Å². The maximum absolute atomic E-state index is 14.9. The van der Waals surface area contributed by atoms with E-state index in [0.29, 0.717) is 16.8 Å². The normalized spacial score (nSPS) is 12.5. The van der Waals surface area contributed by atoms with Gasteiger partial charge in [-0.15, -0.1) is 0 Å². The van der Waals surface area contributed by atoms with Crippen LogP contribution < -0.4 is 4.72 Å². The van der Waals surface area contributed by atoms with E-state index in [2.05, 4.69) is 23.6 Å². The molecule has 144 valence electrons. The second-order valence-electron chi connectivity index (χ2n) is 7.08. The summed E-state index contributed by atoms with van der Waals surface area (Å²) in [6, 6.07) is 10.9. The number of hydrogen-bond donors (Lipinski definition) is 2. The zero-order valence-corrected chi connectivity index (χ0v) is 16.9. The lowest BCUT2D eigenvalue weighted by atomic mass is 9.70. The van der Waals surface area contributed by atoms with Crippen LogP contribution in [-0.2, 0) is 15.4 Å². The Morgan fingerprint density at radius 1 is 1.11 bits per heavy atom. The Kier molecular flexibility index (Phi) is 5.04. The van der Waals surface area contributed by atoms with Crippen molar-refractivity contribution in [3.8, 4) is 0 Å². The molecule has 0 amide bonds. The third kappa shape index (κ3) is 3.46. The number of aryl methyl sites for hydroxylation is 1. The van der Waals surface area contributed by atoms with Gasteiger partial charge in [-0.3, -0.25) is 4.72 Å². The smallest absolute Gasteiger partial charge is 0.229 e. The van der Waals surface area contributed by atoms with Crippen molar-refractivity contribution in [1.82, 2.24) is 4.98 Å². The molecule has 1 heterocycles. The lowest BCUT2D eigenvalue weighted by molar-refractivity contribution is 0.451. The molecule has 0 aliphatic rings. The summed E-state index contributed by atoms with van der Waals surface area (Å²) < 4.78 is 40.8. The Balaban J connectivity index is 2.26. The molecule has 0 radical (unpaired) electrons. The molecular formula is C21H25FN2O2S. The molecule has 2 aromatic carbocycles. The lowest BCUT2D eigenvalue weighted by Crippen LogP contribution is -2.27. The van der Waals surface area contributed by atoms with Gasteiger partial charge >= 0.3 is 0 Å². The molecule has 27 heavy (non-hydrogen) atoms. The van der Waals surface area contributed by atoms with Gasteiger partial charge in [0.25, 0.3) is 0 Å². The van der Waals surface area contributed by atoms with Crippen molar-refractivity contribution in [1.29, 1.82) is 0 Å². The number of nitrogens with one attached hydrogen (secondary N) is 2. The van der Waals surface area contributed by atoms with Crippen molar-refractivity contribution >= 4 is 26.6 Å². The summed E-state index contributed by atoms with van der Waals surface area (Å²) in [5.74, 6) is -0.210. The highest BCUT2D eigenvalue weighted by atomic mass is 32.2. The summed E-state index contributed by atoms with van der Waals surface area (Å²) in [7, 11) is -3.40. The number of sulfonamides is 1. The van der Waals surface area contributed by atoms with Crippen LogP contribution in [0.15, 0.2) is 42.6 Å². The van der Waals surface area contributed by atoms with Crippen LogP contribution in [-0.4, -0.2) is 19.7 Å². The largest absolute Gasteiger partial charge is 0.359 e. The minimum absolute atomic E-state index is 0.210. The molecule has 1 aromatic heterocycles. The standard InChI is InChI=1S/C21H25FN2O2S/c1-5-21(6-2,16-11-10-14(3)12-18(16)22)17-13-23-20-15(17)8-7-9-19(20)24-27(4,25)26/h7-13,23-24H,5-6H2,1-4H3. The molecule has 0 fully saturated rings. The monoisotopic (exact) mass is 388 g/mol. The number of anilines is 1. The summed E-state index contributed by atoms with van der Waals surface area (Å²) in [4.78, 5) is 3.20. The Morgan fingerprint density at radius 3 is 2.41 bits per heavy atom. The zero-order chi connectivity index (χ0) is 19.8. The molecule has 0 atom stereocenters. The van der Waals surface area contributed by atoms with E-state index in [4.69, 9.17) is 0 Å². The van der Waals surface area contributed by atoms with E-state index >= 15 is 0 Å². The Morgan fingerprint density at radius 2 is 1.81 bits per heavy atom. The topological polar surface area (TPSA) is 62.0 Å². The molecule has 3 aromatic rings. The Bertz CT molecular complexity index is 1080. The van der Waals surface area contributed by atoms with Crippen molar-refractivity contribution in [3.63, 3.8) is 0 Å². The summed E-state index contributed by atoms with van der Waals surface area (Å²) in [5.41, 5.74) is 3.22. The van der Waals surface area contributed by atoms with Crippen LogP contribution >= 0.6 is 0 Å². The quantitative estimate of drug-likeness (QED) is 0.618. The Labute approximate surface area is 159 Å². The predicted octanol–water partition coefficient (Wildman–Crippen LogP) is 5.09. The lowest BCUT2D eigenvalue weighted by Gasteiger charge is -2.33. The van der Waals surface area contributed by atoms with Crippen molar-refractivity contribution in [2.24, 2.45) is 0 Å². The highest BCUT2D eigenvalue weighted by Crippen LogP contribution is 2.44. The van der Waals surface area contributed by atoms with E-state index in [1.165, 1.54) is 0 Å². The fourth-order valence-corrected chi connectivity index (χ4v) is 4.57. The maximum Gasteiger partial charge on any atom is 0.229 e. The van der Waals surface area contributed by atoms with E-state index in [0.717, 1.165) is 35.6 Å². The average Bonchev–Trinajstić information content (AvgIpc) is 3.02. The van der Waals surface area contributed by atoms with Crippen LogP contribution in [0.25, 0.3) is 10.9 Å². The molecule has 2 N–H and O–H groups in total. The van der Waals surface area contributed by atoms with Crippen LogP contribution in [0.3, 0.4) is 0 Å². The molecular weight excluding hydrogens is 363 g/mol. The number of hydrogen-bond acceptors (Lipinski definition) is 2. The van der Waals surface area contributed by atoms with Crippen molar-refractivity contribution in [2.45, 2.75) is 39.0 Å². The number of fused-ring (bicyclic) bond motifs is 1. The molecule has 4 nitrogen and oxygen atoms in total. The first-order chi connectivity index (χ1) is 12.7. The fourth-order valence-electron chi connectivity index (χ4n) is 4.00. The van der Waals surface area contributed by atoms with E-state index in [9.17, 15) is 12.8 Å². The van der Waals surface area contributed by atoms with Gasteiger partial charge in [0, 0.05) is 17.0 Å². The van der Waals surface area contributed by atoms with Gasteiger partial charge in [-0.05, 0) is 48.6 Å². The predicted molar refractivity (Wildman–Crippen MR) is 109 cm³/mol. The van der Waals surface area contributed by atoms with Crippen LogP contribution in [0.1, 0.15) is 43.4 Å². The number of aromatic nitrogens is 1. The van der Waals surface area contributed by atoms with Gasteiger partial charge in [0.15, 0.2) is 0 Å². The summed E-state index contributed by atoms with van der Waals surface area (Å²) in [5, 5.41) is 0.896. The Hall–Kier alpha value is -2.34. The van der Waals surface area contributed by atoms with Crippen LogP contribution in [0, 0.1) is 12.7 Å². The van der Waals surface area contributed by atoms with Gasteiger partial charge in [0.2, 0.25) is 10.0 Å². The molecule has 0 aliphatic carbocycles. The van der Waals surface area contributed by atoms with E-state index in [1.807, 2.05) is 37.4 Å². The number of H-pyrrole nitrogens is 1. The fraction of sp³-hybridized carbons (Fsp3) is 0.333. The van der Waals surface area contributed by atoms with Gasteiger partial charge in [0.05, 0.1) is 17.5 Å². The highest BCUT2D eigenvalue weighted by Gasteiger charge is 2.35.